The van der Waals surface area contributed by atoms with Gasteiger partial charge in [0.25, 0.3) is 0 Å². The van der Waals surface area contributed by atoms with Gasteiger partial charge in [-0.15, -0.1) is 0 Å². The van der Waals surface area contributed by atoms with E-state index in [-0.39, 0.29) is 6.61 Å². The normalized spacial score (nSPS) is 10.8. The molecule has 0 bridgehead atoms. The van der Waals surface area contributed by atoms with Crippen LogP contribution in [0, 0.1) is 6.92 Å². The number of rotatable bonds is 2. The Balaban J connectivity index is 3.02. The van der Waals surface area contributed by atoms with E-state index in [0.717, 1.165) is 5.56 Å². The average molecular weight is 164 g/mol. The molecule has 0 aliphatic heterocycles. The maximum atomic E-state index is 8.95. The van der Waals surface area contributed by atoms with E-state index < -0.39 is 0 Å². The molecule has 12 heavy (non-hydrogen) atoms. The van der Waals surface area contributed by atoms with Crippen molar-refractivity contribution in [3.05, 3.63) is 34.9 Å². The molecule has 0 radical (unpaired) electrons. The number of aryl methyl sites for hydroxylation is 1. The monoisotopic (exact) mass is 164 g/mol. The number of aliphatic hydroxyl groups excluding tert-OH is 1. The minimum absolute atomic E-state index is 0.143. The Hall–Kier alpha value is -0.820. The predicted molar refractivity (Wildman–Crippen MR) is 51.2 cm³/mol. The molecule has 1 rings (SSSR count). The summed E-state index contributed by atoms with van der Waals surface area (Å²) in [4.78, 5) is 0. The smallest absolute Gasteiger partial charge is 0.0684 e. The summed E-state index contributed by atoms with van der Waals surface area (Å²) >= 11 is 0. The highest BCUT2D eigenvalue weighted by molar-refractivity contribution is 5.31. The SMILES string of the molecule is Cc1cc(C(C)C)ccc1CO. The molecule has 1 aromatic carbocycles. The Bertz CT molecular complexity index is 264. The van der Waals surface area contributed by atoms with E-state index in [9.17, 15) is 0 Å². The lowest BCUT2D eigenvalue weighted by molar-refractivity contribution is 0.281. The van der Waals surface area contributed by atoms with E-state index in [2.05, 4.69) is 26.0 Å². The van der Waals surface area contributed by atoms with E-state index in [1.165, 1.54) is 11.1 Å². The third-order valence-electron chi connectivity index (χ3n) is 2.20. The van der Waals surface area contributed by atoms with Crippen molar-refractivity contribution in [1.29, 1.82) is 0 Å². The lowest BCUT2D eigenvalue weighted by atomic mass is 9.98. The summed E-state index contributed by atoms with van der Waals surface area (Å²) < 4.78 is 0. The molecule has 1 heteroatoms. The van der Waals surface area contributed by atoms with Crippen LogP contribution in [0.3, 0.4) is 0 Å². The molecule has 0 amide bonds. The van der Waals surface area contributed by atoms with Crippen LogP contribution in [-0.2, 0) is 6.61 Å². The van der Waals surface area contributed by atoms with Crippen LogP contribution < -0.4 is 0 Å². The van der Waals surface area contributed by atoms with Crippen molar-refractivity contribution in [1.82, 2.24) is 0 Å². The molecule has 1 N–H and O–H groups in total. The molecule has 0 aliphatic rings. The molecule has 0 saturated carbocycles. The molecule has 0 unspecified atom stereocenters. The lowest BCUT2D eigenvalue weighted by Gasteiger charge is -2.08. The van der Waals surface area contributed by atoms with Crippen molar-refractivity contribution in [2.24, 2.45) is 0 Å². The van der Waals surface area contributed by atoms with Crippen molar-refractivity contribution in [3.8, 4) is 0 Å². The minimum atomic E-state index is 0.143. The lowest BCUT2D eigenvalue weighted by Crippen LogP contribution is -1.93. The van der Waals surface area contributed by atoms with Crippen LogP contribution in [0.25, 0.3) is 0 Å². The van der Waals surface area contributed by atoms with Gasteiger partial charge in [0, 0.05) is 0 Å². The van der Waals surface area contributed by atoms with E-state index in [4.69, 9.17) is 5.11 Å². The Kier molecular flexibility index (Phi) is 2.88. The van der Waals surface area contributed by atoms with Crippen LogP contribution >= 0.6 is 0 Å². The highest BCUT2D eigenvalue weighted by Crippen LogP contribution is 2.18. The average Bonchev–Trinajstić information content (AvgIpc) is 2.04. The Labute approximate surface area is 74.1 Å². The van der Waals surface area contributed by atoms with Crippen molar-refractivity contribution in [2.75, 3.05) is 0 Å². The highest BCUT2D eigenvalue weighted by atomic mass is 16.3. The minimum Gasteiger partial charge on any atom is -0.392 e. The molecule has 0 fully saturated rings. The van der Waals surface area contributed by atoms with Crippen molar-refractivity contribution < 1.29 is 5.11 Å². The van der Waals surface area contributed by atoms with E-state index >= 15 is 0 Å². The molecule has 1 nitrogen and oxygen atoms in total. The number of hydrogen-bond donors (Lipinski definition) is 1. The third-order valence-corrected chi connectivity index (χ3v) is 2.20. The molecular weight excluding hydrogens is 148 g/mol. The van der Waals surface area contributed by atoms with Crippen LogP contribution in [0.5, 0.6) is 0 Å². The Morgan fingerprint density at radius 3 is 2.42 bits per heavy atom. The summed E-state index contributed by atoms with van der Waals surface area (Å²) in [5, 5.41) is 8.95. The summed E-state index contributed by atoms with van der Waals surface area (Å²) in [5.41, 5.74) is 3.55. The summed E-state index contributed by atoms with van der Waals surface area (Å²) in [7, 11) is 0. The zero-order chi connectivity index (χ0) is 9.14. The van der Waals surface area contributed by atoms with Crippen molar-refractivity contribution in [3.63, 3.8) is 0 Å². The maximum Gasteiger partial charge on any atom is 0.0684 e. The van der Waals surface area contributed by atoms with Gasteiger partial charge in [0.2, 0.25) is 0 Å². The van der Waals surface area contributed by atoms with Gasteiger partial charge >= 0.3 is 0 Å². The maximum absolute atomic E-state index is 8.95. The van der Waals surface area contributed by atoms with E-state index in [1.807, 2.05) is 13.0 Å². The first-order valence-corrected chi connectivity index (χ1v) is 4.35. The number of benzene rings is 1. The van der Waals surface area contributed by atoms with Crippen LogP contribution in [0.2, 0.25) is 0 Å². The summed E-state index contributed by atoms with van der Waals surface area (Å²) in [6.07, 6.45) is 0. The van der Waals surface area contributed by atoms with Crippen LogP contribution in [0.15, 0.2) is 18.2 Å². The van der Waals surface area contributed by atoms with Crippen molar-refractivity contribution >= 4 is 0 Å². The predicted octanol–water partition coefficient (Wildman–Crippen LogP) is 2.61. The van der Waals surface area contributed by atoms with Gasteiger partial charge in [-0.05, 0) is 29.5 Å². The summed E-state index contributed by atoms with van der Waals surface area (Å²) in [6.45, 7) is 6.53. The largest absolute Gasteiger partial charge is 0.392 e. The van der Waals surface area contributed by atoms with E-state index in [0.29, 0.717) is 5.92 Å². The van der Waals surface area contributed by atoms with Crippen LogP contribution in [-0.4, -0.2) is 5.11 Å². The molecule has 0 spiro atoms. The van der Waals surface area contributed by atoms with Crippen LogP contribution in [0.1, 0.15) is 36.5 Å². The third kappa shape index (κ3) is 1.86. The molecule has 0 saturated heterocycles. The fourth-order valence-electron chi connectivity index (χ4n) is 1.26. The van der Waals surface area contributed by atoms with Gasteiger partial charge in [0.1, 0.15) is 0 Å². The summed E-state index contributed by atoms with van der Waals surface area (Å²) in [5.74, 6) is 0.566. The van der Waals surface area contributed by atoms with Gasteiger partial charge in [-0.1, -0.05) is 32.0 Å². The molecular formula is C11H16O. The molecule has 0 aliphatic carbocycles. The molecule has 66 valence electrons. The topological polar surface area (TPSA) is 20.2 Å². The zero-order valence-electron chi connectivity index (χ0n) is 7.96. The quantitative estimate of drug-likeness (QED) is 0.712. The van der Waals surface area contributed by atoms with Gasteiger partial charge in [-0.3, -0.25) is 0 Å². The molecule has 0 heterocycles. The Morgan fingerprint density at radius 1 is 1.33 bits per heavy atom. The molecule has 0 atom stereocenters. The first-order valence-electron chi connectivity index (χ1n) is 4.35. The first kappa shape index (κ1) is 9.27. The van der Waals surface area contributed by atoms with Gasteiger partial charge < -0.3 is 5.11 Å². The molecule has 1 aromatic rings. The van der Waals surface area contributed by atoms with E-state index in [1.54, 1.807) is 0 Å². The van der Waals surface area contributed by atoms with Gasteiger partial charge in [0.15, 0.2) is 0 Å². The Morgan fingerprint density at radius 2 is 2.00 bits per heavy atom. The van der Waals surface area contributed by atoms with Gasteiger partial charge in [-0.25, -0.2) is 0 Å². The zero-order valence-corrected chi connectivity index (χ0v) is 7.96. The number of hydrogen-bond acceptors (Lipinski definition) is 1. The second kappa shape index (κ2) is 3.72. The van der Waals surface area contributed by atoms with Crippen molar-refractivity contribution in [2.45, 2.75) is 33.3 Å². The fraction of sp³-hybridized carbons (Fsp3) is 0.455. The second-order valence-electron chi connectivity index (χ2n) is 3.50. The standard InChI is InChI=1S/C11H16O/c1-8(2)10-4-5-11(7-12)9(3)6-10/h4-6,8,12H,7H2,1-3H3. The second-order valence-corrected chi connectivity index (χ2v) is 3.50. The number of aliphatic hydroxyl groups is 1. The van der Waals surface area contributed by atoms with Crippen LogP contribution in [0.4, 0.5) is 0 Å². The fourth-order valence-corrected chi connectivity index (χ4v) is 1.26. The van der Waals surface area contributed by atoms with Gasteiger partial charge in [-0.2, -0.15) is 0 Å². The van der Waals surface area contributed by atoms with Gasteiger partial charge in [0.05, 0.1) is 6.61 Å². The highest BCUT2D eigenvalue weighted by Gasteiger charge is 2.01. The summed E-state index contributed by atoms with van der Waals surface area (Å²) in [6, 6.07) is 6.24. The molecule has 0 aromatic heterocycles. The first-order chi connectivity index (χ1) is 5.65.